The average molecular weight is 343 g/mol. The molecule has 0 saturated carbocycles. The summed E-state index contributed by atoms with van der Waals surface area (Å²) in [7, 11) is 0. The molecular weight excluding hydrogens is 329 g/mol. The van der Waals surface area contributed by atoms with Crippen LogP contribution in [0.3, 0.4) is 0 Å². The fourth-order valence-corrected chi connectivity index (χ4v) is 3.24. The van der Waals surface area contributed by atoms with Gasteiger partial charge in [0.2, 0.25) is 0 Å². The Hall–Kier alpha value is -0.400. The number of anilines is 1. The first-order chi connectivity index (χ1) is 8.33. The average Bonchev–Trinajstić information content (AvgIpc) is 2.24. The van der Waals surface area contributed by atoms with E-state index in [1.54, 1.807) is 0 Å². The van der Waals surface area contributed by atoms with E-state index in [-0.39, 0.29) is 0 Å². The molecule has 3 fully saturated rings. The van der Waals surface area contributed by atoms with Crippen LogP contribution in [0.25, 0.3) is 0 Å². The Labute approximate surface area is 114 Å². The summed E-state index contributed by atoms with van der Waals surface area (Å²) in [6.45, 7) is 4.19. The van der Waals surface area contributed by atoms with E-state index in [2.05, 4.69) is 49.5 Å². The van der Waals surface area contributed by atoms with E-state index in [1.165, 1.54) is 10.1 Å². The molecule has 0 amide bonds. The van der Waals surface area contributed by atoms with Crippen LogP contribution in [0.1, 0.15) is 0 Å². The predicted molar refractivity (Wildman–Crippen MR) is 73.2 cm³/mol. The number of hydrogen-bond acceptors (Lipinski definition) is 4. The first kappa shape index (κ1) is 10.5. The first-order valence-electron chi connectivity index (χ1n) is 6.04. The molecule has 3 saturated heterocycles. The highest BCUT2D eigenvalue weighted by Gasteiger charge is 2.54. The van der Waals surface area contributed by atoms with Crippen LogP contribution in [0.2, 0.25) is 0 Å². The molecule has 5 heteroatoms. The van der Waals surface area contributed by atoms with Crippen LogP contribution in [0.4, 0.5) is 5.82 Å². The second-order valence-corrected chi connectivity index (χ2v) is 6.26. The molecule has 1 aromatic rings. The lowest BCUT2D eigenvalue weighted by atomic mass is 9.83. The number of nitrogens with zero attached hydrogens (tertiary/aromatic N) is 3. The van der Waals surface area contributed by atoms with Crippen molar-refractivity contribution < 1.29 is 4.74 Å². The molecule has 0 aromatic carbocycles. The minimum Gasteiger partial charge on any atom is -0.378 e. The molecule has 1 unspecified atom stereocenters. The molecule has 0 spiro atoms. The Morgan fingerprint density at radius 1 is 1.24 bits per heavy atom. The highest BCUT2D eigenvalue weighted by atomic mass is 127. The third kappa shape index (κ3) is 1.52. The SMILES string of the molecule is Ic1ccc(N2CC3[C@@H]2CN3C2COC2)nc1. The van der Waals surface area contributed by atoms with Gasteiger partial charge >= 0.3 is 0 Å². The monoisotopic (exact) mass is 343 g/mol. The lowest BCUT2D eigenvalue weighted by Gasteiger charge is -2.65. The third-order valence-electron chi connectivity index (χ3n) is 4.15. The van der Waals surface area contributed by atoms with E-state index in [9.17, 15) is 0 Å². The summed E-state index contributed by atoms with van der Waals surface area (Å²) in [6.07, 6.45) is 1.94. The molecule has 3 aliphatic rings. The van der Waals surface area contributed by atoms with Gasteiger partial charge in [-0.25, -0.2) is 4.98 Å². The molecule has 17 heavy (non-hydrogen) atoms. The van der Waals surface area contributed by atoms with Crippen molar-refractivity contribution in [3.05, 3.63) is 21.9 Å². The maximum atomic E-state index is 5.26. The van der Waals surface area contributed by atoms with Crippen LogP contribution in [-0.4, -0.2) is 54.3 Å². The van der Waals surface area contributed by atoms with Gasteiger partial charge in [0, 0.05) is 28.9 Å². The number of halogens is 1. The topological polar surface area (TPSA) is 28.6 Å². The van der Waals surface area contributed by atoms with Gasteiger partial charge in [-0.3, -0.25) is 4.90 Å². The van der Waals surface area contributed by atoms with Crippen LogP contribution >= 0.6 is 22.6 Å². The summed E-state index contributed by atoms with van der Waals surface area (Å²) in [5.41, 5.74) is 0. The van der Waals surface area contributed by atoms with E-state index in [0.717, 1.165) is 31.6 Å². The molecule has 0 aliphatic carbocycles. The second kappa shape index (κ2) is 3.80. The lowest BCUT2D eigenvalue weighted by molar-refractivity contribution is -0.132. The quantitative estimate of drug-likeness (QED) is 0.748. The molecule has 4 nitrogen and oxygen atoms in total. The van der Waals surface area contributed by atoms with E-state index in [1.807, 2.05) is 6.20 Å². The van der Waals surface area contributed by atoms with E-state index >= 15 is 0 Å². The fraction of sp³-hybridized carbons (Fsp3) is 0.583. The van der Waals surface area contributed by atoms with Gasteiger partial charge in [-0.15, -0.1) is 0 Å². The molecule has 1 aromatic heterocycles. The number of aromatic nitrogens is 1. The van der Waals surface area contributed by atoms with Gasteiger partial charge in [0.05, 0.1) is 25.3 Å². The Balaban J connectivity index is 1.42. The largest absolute Gasteiger partial charge is 0.378 e. The van der Waals surface area contributed by atoms with Gasteiger partial charge in [0.25, 0.3) is 0 Å². The number of fused-ring (bicyclic) bond motifs is 1. The Kier molecular flexibility index (Phi) is 2.35. The zero-order valence-electron chi connectivity index (χ0n) is 9.42. The number of likely N-dealkylation sites (tertiary alicyclic amines) is 1. The molecule has 0 radical (unpaired) electrons. The van der Waals surface area contributed by atoms with Crippen molar-refractivity contribution in [2.45, 2.75) is 18.1 Å². The fourth-order valence-electron chi connectivity index (χ4n) is 2.92. The van der Waals surface area contributed by atoms with E-state index < -0.39 is 0 Å². The summed E-state index contributed by atoms with van der Waals surface area (Å²) in [6, 6.07) is 6.41. The van der Waals surface area contributed by atoms with Crippen LogP contribution in [0, 0.1) is 3.57 Å². The summed E-state index contributed by atoms with van der Waals surface area (Å²) >= 11 is 2.29. The highest BCUT2D eigenvalue weighted by molar-refractivity contribution is 14.1. The van der Waals surface area contributed by atoms with E-state index in [0.29, 0.717) is 12.1 Å². The van der Waals surface area contributed by atoms with Crippen molar-refractivity contribution in [2.75, 3.05) is 31.2 Å². The lowest BCUT2D eigenvalue weighted by Crippen LogP contribution is -2.82. The molecule has 4 rings (SSSR count). The maximum absolute atomic E-state index is 5.26. The molecule has 3 aliphatic heterocycles. The van der Waals surface area contributed by atoms with Gasteiger partial charge in [0.15, 0.2) is 0 Å². The first-order valence-corrected chi connectivity index (χ1v) is 7.12. The van der Waals surface area contributed by atoms with Crippen molar-refractivity contribution in [1.82, 2.24) is 9.88 Å². The van der Waals surface area contributed by atoms with Crippen LogP contribution in [0.5, 0.6) is 0 Å². The zero-order chi connectivity index (χ0) is 11.4. The number of rotatable bonds is 2. The highest BCUT2D eigenvalue weighted by Crippen LogP contribution is 2.38. The number of hydrogen-bond donors (Lipinski definition) is 0. The van der Waals surface area contributed by atoms with Crippen molar-refractivity contribution >= 4 is 28.4 Å². The van der Waals surface area contributed by atoms with Crippen LogP contribution in [-0.2, 0) is 4.74 Å². The summed E-state index contributed by atoms with van der Waals surface area (Å²) in [5, 5.41) is 0. The normalized spacial score (nSPS) is 32.4. The molecular formula is C12H14IN3O. The minimum atomic E-state index is 0.697. The molecule has 90 valence electrons. The van der Waals surface area contributed by atoms with Gasteiger partial charge in [-0.2, -0.15) is 0 Å². The van der Waals surface area contributed by atoms with Crippen molar-refractivity contribution in [3.8, 4) is 0 Å². The number of piperazine rings is 1. The Morgan fingerprint density at radius 2 is 2.12 bits per heavy atom. The smallest absolute Gasteiger partial charge is 0.128 e. The molecule has 0 bridgehead atoms. The molecule has 2 atom stereocenters. The number of ether oxygens (including phenoxy) is 1. The maximum Gasteiger partial charge on any atom is 0.128 e. The van der Waals surface area contributed by atoms with Crippen LogP contribution in [0.15, 0.2) is 18.3 Å². The predicted octanol–water partition coefficient (Wildman–Crippen LogP) is 0.958. The molecule has 4 heterocycles. The standard InChI is InChI=1S/C12H14IN3O/c13-8-1-2-12(14-3-8)16-5-10-11(16)4-15(10)9-6-17-7-9/h1-3,9-11H,4-7H2/t10?,11-/m0/s1. The Morgan fingerprint density at radius 3 is 2.65 bits per heavy atom. The molecule has 0 N–H and O–H groups in total. The van der Waals surface area contributed by atoms with Gasteiger partial charge in [0.1, 0.15) is 5.82 Å². The van der Waals surface area contributed by atoms with E-state index in [4.69, 9.17) is 4.74 Å². The van der Waals surface area contributed by atoms with Crippen molar-refractivity contribution in [2.24, 2.45) is 0 Å². The van der Waals surface area contributed by atoms with Gasteiger partial charge < -0.3 is 9.64 Å². The van der Waals surface area contributed by atoms with Crippen molar-refractivity contribution in [3.63, 3.8) is 0 Å². The van der Waals surface area contributed by atoms with Gasteiger partial charge in [-0.05, 0) is 34.7 Å². The van der Waals surface area contributed by atoms with Crippen molar-refractivity contribution in [1.29, 1.82) is 0 Å². The minimum absolute atomic E-state index is 0.697. The summed E-state index contributed by atoms with van der Waals surface area (Å²) in [5.74, 6) is 1.14. The summed E-state index contributed by atoms with van der Waals surface area (Å²) in [4.78, 5) is 9.52. The van der Waals surface area contributed by atoms with Crippen LogP contribution < -0.4 is 4.90 Å². The Bertz CT molecular complexity index is 434. The van der Waals surface area contributed by atoms with Gasteiger partial charge in [-0.1, -0.05) is 0 Å². The summed E-state index contributed by atoms with van der Waals surface area (Å²) < 4.78 is 6.45. The second-order valence-electron chi connectivity index (χ2n) is 5.01. The third-order valence-corrected chi connectivity index (χ3v) is 4.79. The zero-order valence-corrected chi connectivity index (χ0v) is 11.6. The number of pyridine rings is 1.